The van der Waals surface area contributed by atoms with E-state index in [1.54, 1.807) is 6.08 Å². The highest BCUT2D eigenvalue weighted by atomic mass is 16.2. The molecule has 1 amide bonds. The lowest BCUT2D eigenvalue weighted by molar-refractivity contribution is -0.130. The van der Waals surface area contributed by atoms with E-state index >= 15 is 0 Å². The maximum absolute atomic E-state index is 11.7. The first-order valence-electron chi connectivity index (χ1n) is 5.40. The lowest BCUT2D eigenvalue weighted by atomic mass is 10.3. The van der Waals surface area contributed by atoms with Crippen LogP contribution >= 0.6 is 0 Å². The van der Waals surface area contributed by atoms with Crippen LogP contribution in [0.2, 0.25) is 0 Å². The van der Waals surface area contributed by atoms with Crippen LogP contribution in [0.1, 0.15) is 26.2 Å². The molecule has 0 bridgehead atoms. The number of rotatable bonds is 7. The van der Waals surface area contributed by atoms with E-state index in [4.69, 9.17) is 0 Å². The number of amides is 1. The Morgan fingerprint density at radius 3 is 2.86 bits per heavy atom. The molecule has 1 rings (SSSR count). The van der Waals surface area contributed by atoms with Crippen molar-refractivity contribution in [2.24, 2.45) is 0 Å². The summed E-state index contributed by atoms with van der Waals surface area (Å²) in [6.07, 6.45) is 5.19. The zero-order chi connectivity index (χ0) is 10.4. The molecule has 80 valence electrons. The molecule has 14 heavy (non-hydrogen) atoms. The summed E-state index contributed by atoms with van der Waals surface area (Å²) in [6.45, 7) is 7.76. The minimum atomic E-state index is 0.233. The van der Waals surface area contributed by atoms with Gasteiger partial charge in [0.2, 0.25) is 5.91 Å². The summed E-state index contributed by atoms with van der Waals surface area (Å²) in [4.78, 5) is 13.7. The molecule has 3 heteroatoms. The van der Waals surface area contributed by atoms with Gasteiger partial charge >= 0.3 is 0 Å². The van der Waals surface area contributed by atoms with E-state index in [2.05, 4.69) is 18.8 Å². The summed E-state index contributed by atoms with van der Waals surface area (Å²) in [7, 11) is 0. The second-order valence-corrected chi connectivity index (χ2v) is 3.74. The van der Waals surface area contributed by atoms with Crippen molar-refractivity contribution in [1.82, 2.24) is 10.2 Å². The third-order valence-electron chi connectivity index (χ3n) is 2.34. The molecule has 0 unspecified atom stereocenters. The summed E-state index contributed by atoms with van der Waals surface area (Å²) < 4.78 is 0. The third-order valence-corrected chi connectivity index (χ3v) is 2.34. The van der Waals surface area contributed by atoms with Gasteiger partial charge in [-0.25, -0.2) is 0 Å². The summed E-state index contributed by atoms with van der Waals surface area (Å²) >= 11 is 0. The first-order chi connectivity index (χ1) is 6.79. The Hall–Kier alpha value is -0.830. The molecule has 1 N–H and O–H groups in total. The molecule has 0 spiro atoms. The number of nitrogens with zero attached hydrogens (tertiary/aromatic N) is 1. The molecule has 0 radical (unpaired) electrons. The van der Waals surface area contributed by atoms with Crippen molar-refractivity contribution < 1.29 is 4.79 Å². The van der Waals surface area contributed by atoms with Gasteiger partial charge in [-0.05, 0) is 19.3 Å². The Morgan fingerprint density at radius 1 is 1.64 bits per heavy atom. The summed E-state index contributed by atoms with van der Waals surface area (Å²) in [5, 5.41) is 3.05. The number of carbonyl (C=O) groups excluding carboxylic acids is 1. The molecule has 1 aliphatic carbocycles. The highest BCUT2D eigenvalue weighted by Crippen LogP contribution is 2.26. The summed E-state index contributed by atoms with van der Waals surface area (Å²) in [6, 6.07) is 0.535. The Balaban J connectivity index is 2.26. The van der Waals surface area contributed by atoms with Crippen molar-refractivity contribution in [3.8, 4) is 0 Å². The third kappa shape index (κ3) is 3.50. The molecule has 0 aromatic heterocycles. The van der Waals surface area contributed by atoms with E-state index in [0.717, 1.165) is 13.0 Å². The molecule has 0 aromatic carbocycles. The molecule has 0 aromatic rings. The van der Waals surface area contributed by atoms with Gasteiger partial charge in [-0.1, -0.05) is 13.0 Å². The van der Waals surface area contributed by atoms with Crippen molar-refractivity contribution in [2.75, 3.05) is 19.6 Å². The van der Waals surface area contributed by atoms with Gasteiger partial charge in [0.15, 0.2) is 0 Å². The molecular weight excluding hydrogens is 176 g/mol. The quantitative estimate of drug-likeness (QED) is 0.489. The highest BCUT2D eigenvalue weighted by Gasteiger charge is 2.31. The number of hydrogen-bond acceptors (Lipinski definition) is 2. The first-order valence-corrected chi connectivity index (χ1v) is 5.40. The molecule has 3 nitrogen and oxygen atoms in total. The van der Waals surface area contributed by atoms with Crippen LogP contribution in [0.5, 0.6) is 0 Å². The van der Waals surface area contributed by atoms with Crippen LogP contribution in [-0.4, -0.2) is 36.5 Å². The maximum Gasteiger partial charge on any atom is 0.236 e. The van der Waals surface area contributed by atoms with Crippen molar-refractivity contribution in [3.63, 3.8) is 0 Å². The van der Waals surface area contributed by atoms with Crippen molar-refractivity contribution in [3.05, 3.63) is 12.7 Å². The van der Waals surface area contributed by atoms with Gasteiger partial charge in [0, 0.05) is 19.1 Å². The normalized spacial score (nSPS) is 15.2. The predicted molar refractivity (Wildman–Crippen MR) is 58.1 cm³/mol. The molecule has 1 saturated carbocycles. The fourth-order valence-corrected chi connectivity index (χ4v) is 1.52. The van der Waals surface area contributed by atoms with Gasteiger partial charge in [-0.2, -0.15) is 0 Å². The SMILES string of the molecule is C=CCNCC(=O)N(CCC)C1CC1. The molecule has 0 atom stereocenters. The zero-order valence-electron chi connectivity index (χ0n) is 8.96. The second kappa shape index (κ2) is 5.81. The van der Waals surface area contributed by atoms with E-state index < -0.39 is 0 Å². The molecule has 1 aliphatic rings. The van der Waals surface area contributed by atoms with Crippen LogP contribution in [0, 0.1) is 0 Å². The number of hydrogen-bond donors (Lipinski definition) is 1. The predicted octanol–water partition coefficient (Wildman–Crippen LogP) is 1.16. The van der Waals surface area contributed by atoms with Gasteiger partial charge in [0.1, 0.15) is 0 Å². The smallest absolute Gasteiger partial charge is 0.236 e. The number of nitrogens with one attached hydrogen (secondary N) is 1. The van der Waals surface area contributed by atoms with Crippen molar-refractivity contribution in [1.29, 1.82) is 0 Å². The van der Waals surface area contributed by atoms with E-state index in [1.165, 1.54) is 12.8 Å². The van der Waals surface area contributed by atoms with Crippen LogP contribution in [0.25, 0.3) is 0 Å². The monoisotopic (exact) mass is 196 g/mol. The van der Waals surface area contributed by atoms with Crippen molar-refractivity contribution in [2.45, 2.75) is 32.2 Å². The first kappa shape index (κ1) is 11.2. The van der Waals surface area contributed by atoms with Gasteiger partial charge in [0.05, 0.1) is 6.54 Å². The average Bonchev–Trinajstić information content (AvgIpc) is 2.98. The van der Waals surface area contributed by atoms with Crippen LogP contribution in [0.4, 0.5) is 0 Å². The molecule has 1 fully saturated rings. The fraction of sp³-hybridized carbons (Fsp3) is 0.727. The van der Waals surface area contributed by atoms with Crippen LogP contribution < -0.4 is 5.32 Å². The van der Waals surface area contributed by atoms with Gasteiger partial charge in [-0.15, -0.1) is 6.58 Å². The van der Waals surface area contributed by atoms with E-state index in [1.807, 2.05) is 4.90 Å². The average molecular weight is 196 g/mol. The van der Waals surface area contributed by atoms with Gasteiger partial charge in [-0.3, -0.25) is 4.79 Å². The van der Waals surface area contributed by atoms with E-state index in [-0.39, 0.29) is 5.91 Å². The van der Waals surface area contributed by atoms with Crippen LogP contribution in [-0.2, 0) is 4.79 Å². The maximum atomic E-state index is 11.7. The van der Waals surface area contributed by atoms with Gasteiger partial charge < -0.3 is 10.2 Å². The Morgan fingerprint density at radius 2 is 2.36 bits per heavy atom. The Bertz CT molecular complexity index is 199. The van der Waals surface area contributed by atoms with Crippen LogP contribution in [0.3, 0.4) is 0 Å². The van der Waals surface area contributed by atoms with Gasteiger partial charge in [0.25, 0.3) is 0 Å². The Kier molecular flexibility index (Phi) is 4.66. The molecular formula is C11H20N2O. The minimum Gasteiger partial charge on any atom is -0.339 e. The van der Waals surface area contributed by atoms with E-state index in [0.29, 0.717) is 19.1 Å². The zero-order valence-corrected chi connectivity index (χ0v) is 8.96. The summed E-state index contributed by atoms with van der Waals surface area (Å²) in [5.74, 6) is 0.233. The topological polar surface area (TPSA) is 32.3 Å². The lowest BCUT2D eigenvalue weighted by Crippen LogP contribution is -2.40. The largest absolute Gasteiger partial charge is 0.339 e. The lowest BCUT2D eigenvalue weighted by Gasteiger charge is -2.21. The fourth-order valence-electron chi connectivity index (χ4n) is 1.52. The minimum absolute atomic E-state index is 0.233. The van der Waals surface area contributed by atoms with Crippen LogP contribution in [0.15, 0.2) is 12.7 Å². The standard InChI is InChI=1S/C11H20N2O/c1-3-7-12-9-11(14)13(8-4-2)10-5-6-10/h3,10,12H,1,4-9H2,2H3. The Labute approximate surface area is 86.2 Å². The summed E-state index contributed by atoms with van der Waals surface area (Å²) in [5.41, 5.74) is 0. The van der Waals surface area contributed by atoms with Crippen molar-refractivity contribution >= 4 is 5.91 Å². The molecule has 0 heterocycles. The number of carbonyl (C=O) groups is 1. The second-order valence-electron chi connectivity index (χ2n) is 3.74. The van der Waals surface area contributed by atoms with E-state index in [9.17, 15) is 4.79 Å². The molecule has 0 aliphatic heterocycles. The highest BCUT2D eigenvalue weighted by molar-refractivity contribution is 5.78. The molecule has 0 saturated heterocycles.